The van der Waals surface area contributed by atoms with Crippen LogP contribution in [0.2, 0.25) is 0 Å². The molecule has 0 radical (unpaired) electrons. The highest BCUT2D eigenvalue weighted by molar-refractivity contribution is 5.82. The number of halogens is 3. The third-order valence-corrected chi connectivity index (χ3v) is 6.54. The molecule has 0 saturated heterocycles. The van der Waals surface area contributed by atoms with E-state index in [0.717, 1.165) is 27.9 Å². The number of nitrogens with zero attached hydrogens (tertiary/aromatic N) is 4. The Hall–Kier alpha value is -3.67. The molecule has 1 saturated carbocycles. The van der Waals surface area contributed by atoms with Crippen LogP contribution in [0.1, 0.15) is 36.8 Å². The van der Waals surface area contributed by atoms with E-state index >= 15 is 0 Å². The van der Waals surface area contributed by atoms with E-state index in [1.54, 1.807) is 17.1 Å². The highest BCUT2D eigenvalue weighted by atomic mass is 19.4. The van der Waals surface area contributed by atoms with Gasteiger partial charge in [0, 0.05) is 41.8 Å². The van der Waals surface area contributed by atoms with Crippen molar-refractivity contribution >= 4 is 23.4 Å². The van der Waals surface area contributed by atoms with Crippen LogP contribution in [0.3, 0.4) is 0 Å². The highest BCUT2D eigenvalue weighted by Gasteiger charge is 2.40. The normalized spacial score (nSPS) is 17.7. The van der Waals surface area contributed by atoms with Crippen molar-refractivity contribution in [3.63, 3.8) is 0 Å². The van der Waals surface area contributed by atoms with Crippen LogP contribution in [0.4, 0.5) is 30.6 Å². The topological polar surface area (TPSA) is 117 Å². The number of benzene rings is 1. The molecule has 0 atom stereocenters. The van der Waals surface area contributed by atoms with Gasteiger partial charge in [-0.15, -0.1) is 0 Å². The Labute approximate surface area is 218 Å². The Morgan fingerprint density at radius 2 is 1.82 bits per heavy atom. The molecule has 1 amide bonds. The standard InChI is InChI=1S/C26H32F3N7O2/c1-16-9-17(2)11-21(10-16)34-25-31-14-22(19-13-32-36(15-19)7-8-37)23(35-25)30-12-18-3-5-20(6-4-18)33-24(38)26(27,28)29/h9-11,13-15,18,20,37H,3-8,12H2,1-2H3,(H,33,38)(H2,30,31,34,35). The maximum Gasteiger partial charge on any atom is 0.471 e. The molecule has 4 N–H and O–H groups in total. The van der Waals surface area contributed by atoms with E-state index in [4.69, 9.17) is 4.98 Å². The number of rotatable bonds is 9. The molecule has 9 nitrogen and oxygen atoms in total. The Bertz CT molecular complexity index is 1230. The van der Waals surface area contributed by atoms with Gasteiger partial charge in [0.05, 0.1) is 19.3 Å². The van der Waals surface area contributed by atoms with Gasteiger partial charge in [0.1, 0.15) is 5.82 Å². The summed E-state index contributed by atoms with van der Waals surface area (Å²) < 4.78 is 39.3. The molecule has 0 bridgehead atoms. The van der Waals surface area contributed by atoms with Gasteiger partial charge in [-0.1, -0.05) is 6.07 Å². The summed E-state index contributed by atoms with van der Waals surface area (Å²) in [7, 11) is 0. The molecule has 1 aliphatic carbocycles. The molecular formula is C26H32F3N7O2. The lowest BCUT2D eigenvalue weighted by atomic mass is 9.86. The van der Waals surface area contributed by atoms with Crippen LogP contribution in [0.25, 0.3) is 11.1 Å². The number of aryl methyl sites for hydroxylation is 2. The summed E-state index contributed by atoms with van der Waals surface area (Å²) >= 11 is 0. The molecule has 0 aliphatic heterocycles. The molecule has 1 fully saturated rings. The SMILES string of the molecule is Cc1cc(C)cc(Nc2ncc(-c3cnn(CCO)c3)c(NCC3CCC(NC(=O)C(F)(F)F)CC3)n2)c1. The van der Waals surface area contributed by atoms with Gasteiger partial charge in [0.25, 0.3) is 0 Å². The molecule has 12 heteroatoms. The lowest BCUT2D eigenvalue weighted by molar-refractivity contribution is -0.174. The quantitative estimate of drug-likeness (QED) is 0.325. The van der Waals surface area contributed by atoms with E-state index in [-0.39, 0.29) is 12.5 Å². The molecule has 4 rings (SSSR count). The van der Waals surface area contributed by atoms with Gasteiger partial charge in [-0.2, -0.15) is 23.3 Å². The lowest BCUT2D eigenvalue weighted by Gasteiger charge is -2.29. The van der Waals surface area contributed by atoms with E-state index in [2.05, 4.69) is 32.1 Å². The number of aromatic nitrogens is 4. The number of alkyl halides is 3. The number of hydrogen-bond donors (Lipinski definition) is 4. The van der Waals surface area contributed by atoms with Crippen LogP contribution in [0, 0.1) is 19.8 Å². The summed E-state index contributed by atoms with van der Waals surface area (Å²) in [6.07, 6.45) is 2.67. The van der Waals surface area contributed by atoms with Crippen molar-refractivity contribution < 1.29 is 23.1 Å². The summed E-state index contributed by atoms with van der Waals surface area (Å²) in [4.78, 5) is 20.5. The number of nitrogens with one attached hydrogen (secondary N) is 3. The molecule has 2 aromatic heterocycles. The predicted molar refractivity (Wildman–Crippen MR) is 138 cm³/mol. The Morgan fingerprint density at radius 1 is 1.11 bits per heavy atom. The molecule has 1 aromatic carbocycles. The van der Waals surface area contributed by atoms with Crippen LogP contribution in [0.5, 0.6) is 0 Å². The van der Waals surface area contributed by atoms with E-state index in [1.165, 1.54) is 0 Å². The van der Waals surface area contributed by atoms with Gasteiger partial charge >= 0.3 is 12.1 Å². The minimum atomic E-state index is -4.87. The van der Waals surface area contributed by atoms with Crippen molar-refractivity contribution in [3.8, 4) is 11.1 Å². The van der Waals surface area contributed by atoms with Crippen molar-refractivity contribution in [2.75, 3.05) is 23.8 Å². The first kappa shape index (κ1) is 27.4. The molecule has 0 unspecified atom stereocenters. The molecule has 38 heavy (non-hydrogen) atoms. The van der Waals surface area contributed by atoms with Crippen LogP contribution in [-0.2, 0) is 11.3 Å². The highest BCUT2D eigenvalue weighted by Crippen LogP contribution is 2.30. The Kier molecular flexibility index (Phi) is 8.50. The zero-order valence-electron chi connectivity index (χ0n) is 21.3. The summed E-state index contributed by atoms with van der Waals surface area (Å²) in [5.74, 6) is -0.648. The van der Waals surface area contributed by atoms with E-state index in [9.17, 15) is 23.1 Å². The number of aliphatic hydroxyl groups is 1. The van der Waals surface area contributed by atoms with Gasteiger partial charge < -0.3 is 21.1 Å². The fraction of sp³-hybridized carbons (Fsp3) is 0.462. The van der Waals surface area contributed by atoms with Crippen molar-refractivity contribution in [1.82, 2.24) is 25.1 Å². The summed E-state index contributed by atoms with van der Waals surface area (Å²) in [6.45, 7) is 4.93. The zero-order chi connectivity index (χ0) is 27.3. The third-order valence-electron chi connectivity index (χ3n) is 6.54. The molecule has 2 heterocycles. The van der Waals surface area contributed by atoms with Crippen molar-refractivity contribution in [2.45, 2.75) is 58.3 Å². The molecule has 1 aliphatic rings. The minimum Gasteiger partial charge on any atom is -0.394 e. The molecule has 3 aromatic rings. The zero-order valence-corrected chi connectivity index (χ0v) is 21.3. The van der Waals surface area contributed by atoms with Crippen LogP contribution >= 0.6 is 0 Å². The maximum absolute atomic E-state index is 12.6. The van der Waals surface area contributed by atoms with Crippen LogP contribution < -0.4 is 16.0 Å². The van der Waals surface area contributed by atoms with Crippen molar-refractivity contribution in [2.24, 2.45) is 5.92 Å². The van der Waals surface area contributed by atoms with Gasteiger partial charge in [0.2, 0.25) is 5.95 Å². The fourth-order valence-corrected chi connectivity index (χ4v) is 4.71. The van der Waals surface area contributed by atoms with E-state index in [0.29, 0.717) is 50.5 Å². The minimum absolute atomic E-state index is 0.0341. The second kappa shape index (κ2) is 11.8. The molecule has 0 spiro atoms. The van der Waals surface area contributed by atoms with E-state index in [1.807, 2.05) is 32.2 Å². The second-order valence-electron chi connectivity index (χ2n) is 9.74. The number of carbonyl (C=O) groups is 1. The first-order valence-electron chi connectivity index (χ1n) is 12.6. The predicted octanol–water partition coefficient (Wildman–Crippen LogP) is 4.34. The largest absolute Gasteiger partial charge is 0.471 e. The monoisotopic (exact) mass is 531 g/mol. The number of hydrogen-bond acceptors (Lipinski definition) is 7. The number of anilines is 3. The van der Waals surface area contributed by atoms with Crippen LogP contribution in [-0.4, -0.2) is 56.1 Å². The number of amides is 1. The molecular weight excluding hydrogens is 499 g/mol. The summed E-state index contributed by atoms with van der Waals surface area (Å²) in [5.41, 5.74) is 4.63. The van der Waals surface area contributed by atoms with E-state index < -0.39 is 18.1 Å². The third kappa shape index (κ3) is 7.21. The number of carbonyl (C=O) groups excluding carboxylic acids is 1. The average Bonchev–Trinajstić information content (AvgIpc) is 3.31. The number of aliphatic hydroxyl groups excluding tert-OH is 1. The fourth-order valence-electron chi connectivity index (χ4n) is 4.71. The first-order valence-corrected chi connectivity index (χ1v) is 12.6. The lowest BCUT2D eigenvalue weighted by Crippen LogP contribution is -2.44. The first-order chi connectivity index (χ1) is 18.1. The Balaban J connectivity index is 1.47. The molecule has 204 valence electrons. The van der Waals surface area contributed by atoms with Gasteiger partial charge in [0.15, 0.2) is 0 Å². The van der Waals surface area contributed by atoms with Crippen LogP contribution in [0.15, 0.2) is 36.8 Å². The maximum atomic E-state index is 12.6. The van der Waals surface area contributed by atoms with Crippen molar-refractivity contribution in [1.29, 1.82) is 0 Å². The van der Waals surface area contributed by atoms with Gasteiger partial charge in [-0.05, 0) is 68.7 Å². The second-order valence-corrected chi connectivity index (χ2v) is 9.74. The summed E-state index contributed by atoms with van der Waals surface area (Å²) in [6, 6.07) is 5.62. The smallest absolute Gasteiger partial charge is 0.394 e. The average molecular weight is 532 g/mol. The summed E-state index contributed by atoms with van der Waals surface area (Å²) in [5, 5.41) is 22.3. The Morgan fingerprint density at radius 3 is 2.47 bits per heavy atom. The van der Waals surface area contributed by atoms with Crippen molar-refractivity contribution in [3.05, 3.63) is 47.9 Å². The van der Waals surface area contributed by atoms with Gasteiger partial charge in [-0.3, -0.25) is 9.48 Å². The van der Waals surface area contributed by atoms with Gasteiger partial charge in [-0.25, -0.2) is 4.98 Å².